The van der Waals surface area contributed by atoms with Crippen LogP contribution in [0, 0.1) is 0 Å². The van der Waals surface area contributed by atoms with Crippen molar-refractivity contribution in [1.82, 2.24) is 0 Å². The molecule has 0 amide bonds. The summed E-state index contributed by atoms with van der Waals surface area (Å²) in [5, 5.41) is 8.73. The van der Waals surface area contributed by atoms with Gasteiger partial charge in [0.25, 0.3) is 0 Å². The largest absolute Gasteiger partial charge is 0.488 e. The second kappa shape index (κ2) is 4.81. The molecule has 0 saturated carbocycles. The van der Waals surface area contributed by atoms with E-state index in [0.717, 1.165) is 4.47 Å². The van der Waals surface area contributed by atoms with E-state index >= 15 is 0 Å². The summed E-state index contributed by atoms with van der Waals surface area (Å²) < 4.78 is 5.97. The zero-order chi connectivity index (χ0) is 10.6. The molecule has 0 fully saturated rings. The second-order valence-corrected chi connectivity index (χ2v) is 3.40. The molecule has 1 aromatic rings. The van der Waals surface area contributed by atoms with Gasteiger partial charge in [0.1, 0.15) is 12.4 Å². The lowest BCUT2D eigenvalue weighted by Gasteiger charge is -2.06. The van der Waals surface area contributed by atoms with Gasteiger partial charge in [-0.15, -0.1) is 0 Å². The first-order valence-corrected chi connectivity index (χ1v) is 4.71. The van der Waals surface area contributed by atoms with Crippen LogP contribution in [0.3, 0.4) is 0 Å². The molecular weight excluding hydrogens is 248 g/mol. The molecule has 0 radical (unpaired) electrons. The fourth-order valence-corrected chi connectivity index (χ4v) is 1.26. The highest BCUT2D eigenvalue weighted by molar-refractivity contribution is 9.10. The standard InChI is InChI=1S/C10H9BrO3/c1-2-5-14-9-6-7(10(12)13)3-4-8(9)11/h2-4,6H,1,5H2,(H,12,13). The lowest BCUT2D eigenvalue weighted by atomic mass is 10.2. The number of carboxylic acid groups (broad SMARTS) is 1. The summed E-state index contributed by atoms with van der Waals surface area (Å²) >= 11 is 3.26. The summed E-state index contributed by atoms with van der Waals surface area (Å²) in [5.41, 5.74) is 0.201. The van der Waals surface area contributed by atoms with Crippen LogP contribution in [0.15, 0.2) is 35.3 Å². The summed E-state index contributed by atoms with van der Waals surface area (Å²) in [6.45, 7) is 3.86. The molecule has 1 rings (SSSR count). The summed E-state index contributed by atoms with van der Waals surface area (Å²) in [4.78, 5) is 10.6. The van der Waals surface area contributed by atoms with E-state index in [2.05, 4.69) is 22.5 Å². The predicted octanol–water partition coefficient (Wildman–Crippen LogP) is 2.71. The van der Waals surface area contributed by atoms with Gasteiger partial charge in [0.05, 0.1) is 10.0 Å². The Balaban J connectivity index is 2.95. The Morgan fingerprint density at radius 2 is 2.36 bits per heavy atom. The second-order valence-electron chi connectivity index (χ2n) is 2.55. The van der Waals surface area contributed by atoms with Gasteiger partial charge in [-0.2, -0.15) is 0 Å². The molecule has 74 valence electrons. The van der Waals surface area contributed by atoms with Crippen molar-refractivity contribution in [2.24, 2.45) is 0 Å². The van der Waals surface area contributed by atoms with Crippen LogP contribution in [0.25, 0.3) is 0 Å². The minimum Gasteiger partial charge on any atom is -0.488 e. The van der Waals surface area contributed by atoms with Gasteiger partial charge >= 0.3 is 5.97 Å². The molecule has 0 aromatic heterocycles. The van der Waals surface area contributed by atoms with Crippen LogP contribution in [-0.4, -0.2) is 17.7 Å². The molecule has 1 aromatic carbocycles. The minimum atomic E-state index is -0.971. The summed E-state index contributed by atoms with van der Waals surface area (Å²) in [6.07, 6.45) is 1.60. The number of carbonyl (C=O) groups is 1. The molecule has 0 heterocycles. The number of benzene rings is 1. The normalized spacial score (nSPS) is 9.50. The Kier molecular flexibility index (Phi) is 3.71. The van der Waals surface area contributed by atoms with Crippen molar-refractivity contribution in [3.05, 3.63) is 40.9 Å². The van der Waals surface area contributed by atoms with Gasteiger partial charge in [0.15, 0.2) is 0 Å². The zero-order valence-corrected chi connectivity index (χ0v) is 8.95. The first-order chi connectivity index (χ1) is 6.65. The van der Waals surface area contributed by atoms with E-state index in [9.17, 15) is 4.79 Å². The molecule has 0 aliphatic carbocycles. The van der Waals surface area contributed by atoms with Gasteiger partial charge in [0, 0.05) is 0 Å². The van der Waals surface area contributed by atoms with Gasteiger partial charge in [0.2, 0.25) is 0 Å². The minimum absolute atomic E-state index is 0.201. The van der Waals surface area contributed by atoms with E-state index in [1.165, 1.54) is 12.1 Å². The Morgan fingerprint density at radius 3 is 2.93 bits per heavy atom. The average Bonchev–Trinajstić information content (AvgIpc) is 2.16. The maximum Gasteiger partial charge on any atom is 0.335 e. The third-order valence-corrected chi connectivity index (χ3v) is 2.19. The molecular formula is C10H9BrO3. The highest BCUT2D eigenvalue weighted by atomic mass is 79.9. The van der Waals surface area contributed by atoms with Crippen LogP contribution in [0.5, 0.6) is 5.75 Å². The molecule has 3 nitrogen and oxygen atoms in total. The zero-order valence-electron chi connectivity index (χ0n) is 7.37. The van der Waals surface area contributed by atoms with Gasteiger partial charge in [-0.3, -0.25) is 0 Å². The number of ether oxygens (including phenoxy) is 1. The fraction of sp³-hybridized carbons (Fsp3) is 0.100. The van der Waals surface area contributed by atoms with Crippen LogP contribution in [0.2, 0.25) is 0 Å². The van der Waals surface area contributed by atoms with E-state index < -0.39 is 5.97 Å². The molecule has 4 heteroatoms. The van der Waals surface area contributed by atoms with E-state index in [1.54, 1.807) is 12.1 Å². The molecule has 0 spiro atoms. The number of aromatic carboxylic acids is 1. The number of hydrogen-bond donors (Lipinski definition) is 1. The highest BCUT2D eigenvalue weighted by Crippen LogP contribution is 2.26. The van der Waals surface area contributed by atoms with E-state index in [0.29, 0.717) is 12.4 Å². The molecule has 0 atom stereocenters. The lowest BCUT2D eigenvalue weighted by molar-refractivity contribution is 0.0696. The van der Waals surface area contributed by atoms with Crippen molar-refractivity contribution in [2.75, 3.05) is 6.61 Å². The number of carboxylic acids is 1. The Hall–Kier alpha value is -1.29. The van der Waals surface area contributed by atoms with Crippen molar-refractivity contribution >= 4 is 21.9 Å². The van der Waals surface area contributed by atoms with Crippen molar-refractivity contribution in [1.29, 1.82) is 0 Å². The molecule has 0 saturated heterocycles. The van der Waals surface area contributed by atoms with Crippen molar-refractivity contribution in [3.63, 3.8) is 0 Å². The fourth-order valence-electron chi connectivity index (χ4n) is 0.896. The lowest BCUT2D eigenvalue weighted by Crippen LogP contribution is -1.99. The molecule has 1 N–H and O–H groups in total. The molecule has 0 bridgehead atoms. The van der Waals surface area contributed by atoms with Crippen molar-refractivity contribution < 1.29 is 14.6 Å². The van der Waals surface area contributed by atoms with Crippen LogP contribution < -0.4 is 4.74 Å². The predicted molar refractivity (Wildman–Crippen MR) is 56.8 cm³/mol. The Labute approximate surface area is 90.1 Å². The highest BCUT2D eigenvalue weighted by Gasteiger charge is 2.07. The maximum atomic E-state index is 10.6. The number of rotatable bonds is 4. The molecule has 0 unspecified atom stereocenters. The van der Waals surface area contributed by atoms with Crippen molar-refractivity contribution in [2.45, 2.75) is 0 Å². The third kappa shape index (κ3) is 2.60. The SMILES string of the molecule is C=CCOc1cc(C(=O)O)ccc1Br. The van der Waals surface area contributed by atoms with Gasteiger partial charge in [-0.1, -0.05) is 12.7 Å². The van der Waals surface area contributed by atoms with Crippen LogP contribution in [0.1, 0.15) is 10.4 Å². The molecule has 0 aliphatic heterocycles. The summed E-state index contributed by atoms with van der Waals surface area (Å²) in [6, 6.07) is 4.62. The van der Waals surface area contributed by atoms with Crippen molar-refractivity contribution in [3.8, 4) is 5.75 Å². The summed E-state index contributed by atoms with van der Waals surface area (Å²) in [7, 11) is 0. The van der Waals surface area contributed by atoms with Gasteiger partial charge < -0.3 is 9.84 Å². The third-order valence-electron chi connectivity index (χ3n) is 1.53. The average molecular weight is 257 g/mol. The maximum absolute atomic E-state index is 10.6. The first kappa shape index (κ1) is 10.8. The van der Waals surface area contributed by atoms with Crippen LogP contribution >= 0.6 is 15.9 Å². The Bertz CT molecular complexity index is 360. The van der Waals surface area contributed by atoms with Gasteiger partial charge in [-0.25, -0.2) is 4.79 Å². The van der Waals surface area contributed by atoms with E-state index in [-0.39, 0.29) is 5.56 Å². The molecule has 14 heavy (non-hydrogen) atoms. The van der Waals surface area contributed by atoms with E-state index in [4.69, 9.17) is 9.84 Å². The monoisotopic (exact) mass is 256 g/mol. The quantitative estimate of drug-likeness (QED) is 0.843. The Morgan fingerprint density at radius 1 is 1.64 bits per heavy atom. The first-order valence-electron chi connectivity index (χ1n) is 3.91. The number of hydrogen-bond acceptors (Lipinski definition) is 2. The molecule has 0 aliphatic rings. The smallest absolute Gasteiger partial charge is 0.335 e. The summed E-state index contributed by atoms with van der Waals surface area (Å²) in [5.74, 6) is -0.467. The van der Waals surface area contributed by atoms with Crippen LogP contribution in [-0.2, 0) is 0 Å². The van der Waals surface area contributed by atoms with Crippen LogP contribution in [0.4, 0.5) is 0 Å². The van der Waals surface area contributed by atoms with E-state index in [1.807, 2.05) is 0 Å². The number of halogens is 1. The van der Waals surface area contributed by atoms with Gasteiger partial charge in [-0.05, 0) is 34.1 Å². The topological polar surface area (TPSA) is 46.5 Å².